The van der Waals surface area contributed by atoms with Crippen LogP contribution in [0.5, 0.6) is 0 Å². The lowest BCUT2D eigenvalue weighted by molar-refractivity contribution is 0.377. The van der Waals surface area contributed by atoms with Crippen LogP contribution in [0, 0.1) is 6.92 Å². The van der Waals surface area contributed by atoms with E-state index in [2.05, 4.69) is 43.3 Å². The highest BCUT2D eigenvalue weighted by atomic mass is 16.3. The van der Waals surface area contributed by atoms with Crippen molar-refractivity contribution in [2.45, 2.75) is 52.7 Å². The van der Waals surface area contributed by atoms with Gasteiger partial charge in [-0.3, -0.25) is 0 Å². The Bertz CT molecular complexity index is 314. The Labute approximate surface area is 97.8 Å². The van der Waals surface area contributed by atoms with Crippen LogP contribution in [0.25, 0.3) is 0 Å². The molecule has 0 aromatic carbocycles. The average molecular weight is 225 g/mol. The summed E-state index contributed by atoms with van der Waals surface area (Å²) in [5.41, 5.74) is 1.13. The second kappa shape index (κ2) is 5.46. The van der Waals surface area contributed by atoms with Crippen LogP contribution in [0.3, 0.4) is 0 Å². The highest BCUT2D eigenvalue weighted by Gasteiger charge is 2.11. The first kappa shape index (κ1) is 13.2. The first-order chi connectivity index (χ1) is 7.38. The van der Waals surface area contributed by atoms with Crippen LogP contribution in [0.4, 0.5) is 0 Å². The summed E-state index contributed by atoms with van der Waals surface area (Å²) in [5.74, 6) is 0.919. The molecule has 0 saturated carbocycles. The number of aryl methyl sites for hydroxylation is 1. The number of hydrogen-bond acceptors (Lipinski definition) is 4. The zero-order valence-corrected chi connectivity index (χ0v) is 10.9. The Morgan fingerprint density at radius 3 is 2.62 bits per heavy atom. The molecule has 0 spiro atoms. The largest absolute Gasteiger partial charge is 0.447 e. The average Bonchev–Trinajstić information content (AvgIpc) is 2.57. The summed E-state index contributed by atoms with van der Waals surface area (Å²) in [4.78, 5) is 4.06. The first-order valence-corrected chi connectivity index (χ1v) is 5.76. The molecule has 0 radical (unpaired) electrons. The molecule has 16 heavy (non-hydrogen) atoms. The van der Waals surface area contributed by atoms with Gasteiger partial charge in [-0.15, -0.1) is 0 Å². The third kappa shape index (κ3) is 4.77. The van der Waals surface area contributed by atoms with Gasteiger partial charge in [-0.1, -0.05) is 0 Å². The van der Waals surface area contributed by atoms with Crippen molar-refractivity contribution in [3.8, 4) is 0 Å². The van der Waals surface area contributed by atoms with Crippen molar-refractivity contribution in [3.05, 3.63) is 17.8 Å². The summed E-state index contributed by atoms with van der Waals surface area (Å²) in [7, 11) is 0. The quantitative estimate of drug-likeness (QED) is 0.803. The fourth-order valence-electron chi connectivity index (χ4n) is 1.29. The summed E-state index contributed by atoms with van der Waals surface area (Å²) >= 11 is 0. The van der Waals surface area contributed by atoms with Crippen molar-refractivity contribution >= 4 is 0 Å². The van der Waals surface area contributed by atoms with Crippen LogP contribution in [0.2, 0.25) is 0 Å². The Kier molecular flexibility index (Phi) is 4.50. The number of hydrogen-bond donors (Lipinski definition) is 2. The van der Waals surface area contributed by atoms with Gasteiger partial charge in [0.25, 0.3) is 0 Å². The standard InChI is InChI=1S/C12H23N3O/c1-9(6-15-12(3,4)5)13-7-11-10(2)14-8-16-11/h8-9,13,15H,6-7H2,1-5H3. The van der Waals surface area contributed by atoms with Crippen molar-refractivity contribution in [2.75, 3.05) is 6.54 Å². The summed E-state index contributed by atoms with van der Waals surface area (Å²) in [5, 5.41) is 6.86. The molecule has 4 heteroatoms. The normalized spacial score (nSPS) is 14.1. The summed E-state index contributed by atoms with van der Waals surface area (Å²) in [6.45, 7) is 12.3. The Morgan fingerprint density at radius 2 is 2.12 bits per heavy atom. The predicted octanol–water partition coefficient (Wildman–Crippen LogP) is 1.85. The van der Waals surface area contributed by atoms with Crippen LogP contribution in [-0.2, 0) is 6.54 Å². The van der Waals surface area contributed by atoms with Crippen molar-refractivity contribution in [1.82, 2.24) is 15.6 Å². The number of rotatable bonds is 5. The molecule has 92 valence electrons. The smallest absolute Gasteiger partial charge is 0.181 e. The van der Waals surface area contributed by atoms with Gasteiger partial charge in [0, 0.05) is 18.1 Å². The molecular formula is C12H23N3O. The van der Waals surface area contributed by atoms with E-state index in [0.717, 1.165) is 24.5 Å². The highest BCUT2D eigenvalue weighted by Crippen LogP contribution is 2.04. The molecule has 1 rings (SSSR count). The zero-order chi connectivity index (χ0) is 12.2. The molecule has 1 aromatic heterocycles. The molecule has 0 bridgehead atoms. The van der Waals surface area contributed by atoms with E-state index in [0.29, 0.717) is 6.04 Å². The van der Waals surface area contributed by atoms with Crippen LogP contribution in [-0.4, -0.2) is 23.1 Å². The summed E-state index contributed by atoms with van der Waals surface area (Å²) in [6, 6.07) is 0.406. The lowest BCUT2D eigenvalue weighted by Gasteiger charge is -2.23. The summed E-state index contributed by atoms with van der Waals surface area (Å²) in [6.07, 6.45) is 1.49. The topological polar surface area (TPSA) is 50.1 Å². The third-order valence-electron chi connectivity index (χ3n) is 2.39. The van der Waals surface area contributed by atoms with Gasteiger partial charge in [0.1, 0.15) is 5.76 Å². The zero-order valence-electron chi connectivity index (χ0n) is 10.9. The van der Waals surface area contributed by atoms with Crippen molar-refractivity contribution in [2.24, 2.45) is 0 Å². The molecule has 0 fully saturated rings. The molecule has 0 aliphatic rings. The number of aromatic nitrogens is 1. The van der Waals surface area contributed by atoms with Crippen LogP contribution >= 0.6 is 0 Å². The number of nitrogens with zero attached hydrogens (tertiary/aromatic N) is 1. The van der Waals surface area contributed by atoms with E-state index in [-0.39, 0.29) is 5.54 Å². The monoisotopic (exact) mass is 225 g/mol. The van der Waals surface area contributed by atoms with Gasteiger partial charge in [-0.2, -0.15) is 0 Å². The van der Waals surface area contributed by atoms with E-state index in [1.54, 1.807) is 0 Å². The lowest BCUT2D eigenvalue weighted by Crippen LogP contribution is -2.44. The number of oxazole rings is 1. The van der Waals surface area contributed by atoms with Crippen LogP contribution in [0.1, 0.15) is 39.1 Å². The van der Waals surface area contributed by atoms with Crippen molar-refractivity contribution < 1.29 is 4.42 Å². The van der Waals surface area contributed by atoms with Crippen LogP contribution < -0.4 is 10.6 Å². The van der Waals surface area contributed by atoms with Crippen molar-refractivity contribution in [1.29, 1.82) is 0 Å². The molecular weight excluding hydrogens is 202 g/mol. The molecule has 2 N–H and O–H groups in total. The molecule has 4 nitrogen and oxygen atoms in total. The lowest BCUT2D eigenvalue weighted by atomic mass is 10.1. The maximum absolute atomic E-state index is 5.27. The van der Waals surface area contributed by atoms with Gasteiger partial charge in [0.15, 0.2) is 6.39 Å². The first-order valence-electron chi connectivity index (χ1n) is 5.76. The molecule has 0 aliphatic heterocycles. The Balaban J connectivity index is 2.25. The van der Waals surface area contributed by atoms with E-state index < -0.39 is 0 Å². The maximum atomic E-state index is 5.27. The molecule has 1 aromatic rings. The van der Waals surface area contributed by atoms with Gasteiger partial charge in [-0.05, 0) is 34.6 Å². The minimum atomic E-state index is 0.165. The fourth-order valence-corrected chi connectivity index (χ4v) is 1.29. The maximum Gasteiger partial charge on any atom is 0.181 e. The minimum absolute atomic E-state index is 0.165. The van der Waals surface area contributed by atoms with E-state index in [1.165, 1.54) is 6.39 Å². The van der Waals surface area contributed by atoms with E-state index >= 15 is 0 Å². The van der Waals surface area contributed by atoms with Gasteiger partial charge in [0.05, 0.1) is 12.2 Å². The molecule has 0 saturated heterocycles. The van der Waals surface area contributed by atoms with Gasteiger partial charge in [-0.25, -0.2) is 4.98 Å². The third-order valence-corrected chi connectivity index (χ3v) is 2.39. The highest BCUT2D eigenvalue weighted by molar-refractivity contribution is 5.03. The van der Waals surface area contributed by atoms with E-state index in [4.69, 9.17) is 4.42 Å². The predicted molar refractivity (Wildman–Crippen MR) is 65.3 cm³/mol. The molecule has 0 aliphatic carbocycles. The molecule has 0 amide bonds. The minimum Gasteiger partial charge on any atom is -0.447 e. The van der Waals surface area contributed by atoms with E-state index in [1.807, 2.05) is 6.92 Å². The second-order valence-electron chi connectivity index (χ2n) is 5.27. The van der Waals surface area contributed by atoms with Gasteiger partial charge < -0.3 is 15.1 Å². The second-order valence-corrected chi connectivity index (χ2v) is 5.27. The molecule has 1 unspecified atom stereocenters. The number of nitrogens with one attached hydrogen (secondary N) is 2. The van der Waals surface area contributed by atoms with Gasteiger partial charge >= 0.3 is 0 Å². The van der Waals surface area contributed by atoms with Crippen molar-refractivity contribution in [3.63, 3.8) is 0 Å². The van der Waals surface area contributed by atoms with E-state index in [9.17, 15) is 0 Å². The SMILES string of the molecule is Cc1ncoc1CNC(C)CNC(C)(C)C. The molecule has 1 heterocycles. The Morgan fingerprint density at radius 1 is 1.44 bits per heavy atom. The van der Waals surface area contributed by atoms with Crippen LogP contribution in [0.15, 0.2) is 10.8 Å². The van der Waals surface area contributed by atoms with Gasteiger partial charge in [0.2, 0.25) is 0 Å². The Hall–Kier alpha value is -0.870. The molecule has 1 atom stereocenters. The fraction of sp³-hybridized carbons (Fsp3) is 0.750. The summed E-state index contributed by atoms with van der Waals surface area (Å²) < 4.78 is 5.27.